The van der Waals surface area contributed by atoms with Crippen molar-refractivity contribution in [2.75, 3.05) is 12.8 Å². The second-order valence-corrected chi connectivity index (χ2v) is 3.98. The normalized spacial score (nSPS) is 10.4. The maximum Gasteiger partial charge on any atom is 0.342 e. The fourth-order valence-electron chi connectivity index (χ4n) is 1.85. The lowest BCUT2D eigenvalue weighted by Crippen LogP contribution is -2.10. The predicted molar refractivity (Wildman–Crippen MR) is 67.5 cm³/mol. The SMILES string of the molecule is COC(=O)c1c(N)ccc(-c2c(F)cccc2F)c1F. The molecule has 0 spiro atoms. The van der Waals surface area contributed by atoms with Crippen LogP contribution in [0.2, 0.25) is 0 Å². The summed E-state index contributed by atoms with van der Waals surface area (Å²) in [4.78, 5) is 11.5. The molecule has 2 N–H and O–H groups in total. The molecule has 3 nitrogen and oxygen atoms in total. The number of anilines is 1. The van der Waals surface area contributed by atoms with Crippen LogP contribution < -0.4 is 5.73 Å². The molecule has 0 heterocycles. The molecular formula is C14H10F3NO2. The first kappa shape index (κ1) is 13.9. The van der Waals surface area contributed by atoms with Gasteiger partial charge in [0.25, 0.3) is 0 Å². The van der Waals surface area contributed by atoms with Crippen molar-refractivity contribution in [3.63, 3.8) is 0 Å². The van der Waals surface area contributed by atoms with Crippen LogP contribution in [0.25, 0.3) is 11.1 Å². The number of halogens is 3. The monoisotopic (exact) mass is 281 g/mol. The highest BCUT2D eigenvalue weighted by Gasteiger charge is 2.23. The summed E-state index contributed by atoms with van der Waals surface area (Å²) in [6.45, 7) is 0. The van der Waals surface area contributed by atoms with Gasteiger partial charge in [-0.25, -0.2) is 18.0 Å². The summed E-state index contributed by atoms with van der Waals surface area (Å²) in [5.74, 6) is -4.02. The van der Waals surface area contributed by atoms with Crippen LogP contribution in [0.1, 0.15) is 10.4 Å². The van der Waals surface area contributed by atoms with Crippen LogP contribution >= 0.6 is 0 Å². The Morgan fingerprint density at radius 1 is 1.10 bits per heavy atom. The van der Waals surface area contributed by atoms with E-state index in [2.05, 4.69) is 4.74 Å². The molecule has 0 radical (unpaired) electrons. The summed E-state index contributed by atoms with van der Waals surface area (Å²) >= 11 is 0. The maximum atomic E-state index is 14.3. The fraction of sp³-hybridized carbons (Fsp3) is 0.0714. The van der Waals surface area contributed by atoms with Crippen LogP contribution in [0.4, 0.5) is 18.9 Å². The number of esters is 1. The number of rotatable bonds is 2. The lowest BCUT2D eigenvalue weighted by atomic mass is 10.00. The van der Waals surface area contributed by atoms with Gasteiger partial charge in [0.2, 0.25) is 0 Å². The molecule has 0 amide bonds. The molecule has 0 unspecified atom stereocenters. The van der Waals surface area contributed by atoms with E-state index in [9.17, 15) is 18.0 Å². The van der Waals surface area contributed by atoms with Crippen LogP contribution in [0, 0.1) is 17.5 Å². The van der Waals surface area contributed by atoms with E-state index < -0.39 is 40.1 Å². The van der Waals surface area contributed by atoms with Gasteiger partial charge in [-0.05, 0) is 24.3 Å². The zero-order chi connectivity index (χ0) is 14.9. The molecule has 0 aliphatic heterocycles. The number of nitrogen functional groups attached to an aromatic ring is 1. The number of hydrogen-bond donors (Lipinski definition) is 1. The lowest BCUT2D eigenvalue weighted by molar-refractivity contribution is 0.0597. The molecular weight excluding hydrogens is 271 g/mol. The summed E-state index contributed by atoms with van der Waals surface area (Å²) in [6, 6.07) is 5.44. The number of carbonyl (C=O) groups is 1. The van der Waals surface area contributed by atoms with Crippen molar-refractivity contribution in [2.45, 2.75) is 0 Å². The highest BCUT2D eigenvalue weighted by Crippen LogP contribution is 2.32. The van der Waals surface area contributed by atoms with Crippen molar-refractivity contribution < 1.29 is 22.7 Å². The average molecular weight is 281 g/mol. The number of nitrogens with two attached hydrogens (primary N) is 1. The van der Waals surface area contributed by atoms with Crippen molar-refractivity contribution in [3.05, 3.63) is 53.3 Å². The highest BCUT2D eigenvalue weighted by atomic mass is 19.1. The smallest absolute Gasteiger partial charge is 0.342 e. The van der Waals surface area contributed by atoms with E-state index in [4.69, 9.17) is 5.73 Å². The van der Waals surface area contributed by atoms with Crippen LogP contribution in [-0.2, 0) is 4.74 Å². The quantitative estimate of drug-likeness (QED) is 0.679. The highest BCUT2D eigenvalue weighted by molar-refractivity contribution is 5.97. The number of carbonyl (C=O) groups excluding carboxylic acids is 1. The molecule has 6 heteroatoms. The Balaban J connectivity index is 2.74. The number of hydrogen-bond acceptors (Lipinski definition) is 3. The Hall–Kier alpha value is -2.50. The third kappa shape index (κ3) is 2.20. The van der Waals surface area contributed by atoms with Gasteiger partial charge in [-0.2, -0.15) is 0 Å². The first-order chi connectivity index (χ1) is 9.47. The summed E-state index contributed by atoms with van der Waals surface area (Å²) in [6.07, 6.45) is 0. The number of ether oxygens (including phenoxy) is 1. The van der Waals surface area contributed by atoms with Gasteiger partial charge in [-0.1, -0.05) is 6.07 Å². The molecule has 0 aromatic heterocycles. The Morgan fingerprint density at radius 2 is 1.70 bits per heavy atom. The fourth-order valence-corrected chi connectivity index (χ4v) is 1.85. The summed E-state index contributed by atoms with van der Waals surface area (Å²) in [5.41, 5.74) is 3.82. The molecule has 104 valence electrons. The first-order valence-corrected chi connectivity index (χ1v) is 5.58. The minimum atomic E-state index is -1.12. The Morgan fingerprint density at radius 3 is 2.25 bits per heavy atom. The van der Waals surface area contributed by atoms with E-state index >= 15 is 0 Å². The molecule has 0 fully saturated rings. The molecule has 0 bridgehead atoms. The van der Waals surface area contributed by atoms with Gasteiger partial charge in [-0.15, -0.1) is 0 Å². The van der Waals surface area contributed by atoms with Gasteiger partial charge in [0.1, 0.15) is 23.0 Å². The Labute approximate surface area is 112 Å². The van der Waals surface area contributed by atoms with Gasteiger partial charge >= 0.3 is 5.97 Å². The van der Waals surface area contributed by atoms with Gasteiger partial charge in [0.15, 0.2) is 0 Å². The van der Waals surface area contributed by atoms with E-state index in [0.29, 0.717) is 0 Å². The Bertz CT molecular complexity index is 666. The Kier molecular flexibility index (Phi) is 3.65. The standard InChI is InChI=1S/C14H10F3NO2/c1-20-14(19)12-10(18)6-5-7(13(12)17)11-8(15)3-2-4-9(11)16/h2-6H,18H2,1H3. The minimum absolute atomic E-state index is 0.171. The topological polar surface area (TPSA) is 52.3 Å². The van der Waals surface area contributed by atoms with Gasteiger partial charge in [0.05, 0.1) is 12.7 Å². The maximum absolute atomic E-state index is 14.3. The second kappa shape index (κ2) is 5.24. The van der Waals surface area contributed by atoms with E-state index in [1.807, 2.05) is 0 Å². The lowest BCUT2D eigenvalue weighted by Gasteiger charge is -2.11. The summed E-state index contributed by atoms with van der Waals surface area (Å²) in [5, 5.41) is 0. The molecule has 2 aromatic carbocycles. The van der Waals surface area contributed by atoms with Crippen LogP contribution in [0.3, 0.4) is 0 Å². The third-order valence-electron chi connectivity index (χ3n) is 2.80. The summed E-state index contributed by atoms with van der Waals surface area (Å²) in [7, 11) is 1.05. The average Bonchev–Trinajstić information content (AvgIpc) is 2.40. The predicted octanol–water partition coefficient (Wildman–Crippen LogP) is 3.14. The van der Waals surface area contributed by atoms with Gasteiger partial charge < -0.3 is 10.5 Å². The molecule has 0 saturated heterocycles. The largest absolute Gasteiger partial charge is 0.465 e. The second-order valence-electron chi connectivity index (χ2n) is 3.98. The molecule has 2 rings (SSSR count). The zero-order valence-corrected chi connectivity index (χ0v) is 10.4. The van der Waals surface area contributed by atoms with Crippen molar-refractivity contribution in [1.82, 2.24) is 0 Å². The number of benzene rings is 2. The van der Waals surface area contributed by atoms with E-state index in [1.54, 1.807) is 0 Å². The van der Waals surface area contributed by atoms with Gasteiger partial charge in [-0.3, -0.25) is 0 Å². The van der Waals surface area contributed by atoms with Gasteiger partial charge in [0, 0.05) is 11.3 Å². The third-order valence-corrected chi connectivity index (χ3v) is 2.80. The zero-order valence-electron chi connectivity index (χ0n) is 10.4. The van der Waals surface area contributed by atoms with E-state index in [0.717, 1.165) is 31.4 Å². The van der Waals surface area contributed by atoms with Crippen molar-refractivity contribution in [2.24, 2.45) is 0 Å². The molecule has 2 aromatic rings. The van der Waals surface area contributed by atoms with E-state index in [1.165, 1.54) is 6.07 Å². The van der Waals surface area contributed by atoms with Crippen LogP contribution in [0.5, 0.6) is 0 Å². The van der Waals surface area contributed by atoms with Crippen LogP contribution in [-0.4, -0.2) is 13.1 Å². The minimum Gasteiger partial charge on any atom is -0.465 e. The number of methoxy groups -OCH3 is 1. The molecule has 0 saturated carbocycles. The van der Waals surface area contributed by atoms with Crippen molar-refractivity contribution >= 4 is 11.7 Å². The van der Waals surface area contributed by atoms with Crippen LogP contribution in [0.15, 0.2) is 30.3 Å². The molecule has 0 atom stereocenters. The first-order valence-electron chi connectivity index (χ1n) is 5.58. The van der Waals surface area contributed by atoms with Crippen molar-refractivity contribution in [3.8, 4) is 11.1 Å². The van der Waals surface area contributed by atoms with Crippen molar-refractivity contribution in [1.29, 1.82) is 0 Å². The molecule has 0 aliphatic carbocycles. The molecule has 20 heavy (non-hydrogen) atoms. The van der Waals surface area contributed by atoms with E-state index in [-0.39, 0.29) is 5.69 Å². The molecule has 0 aliphatic rings. The summed E-state index contributed by atoms with van der Waals surface area (Å²) < 4.78 is 46.1.